The molecule has 0 aliphatic carbocycles. The molecule has 1 aliphatic rings. The van der Waals surface area contributed by atoms with Gasteiger partial charge in [-0.1, -0.05) is 12.1 Å². The number of amides is 1. The normalized spacial score (nSPS) is 21.3. The number of benzene rings is 1. The molecule has 1 fully saturated rings. The van der Waals surface area contributed by atoms with E-state index in [1.54, 1.807) is 7.11 Å². The highest BCUT2D eigenvalue weighted by Crippen LogP contribution is 2.29. The van der Waals surface area contributed by atoms with Gasteiger partial charge in [-0.3, -0.25) is 9.69 Å². The van der Waals surface area contributed by atoms with Crippen LogP contribution < -0.4 is 16.2 Å². The Kier molecular flexibility index (Phi) is 4.39. The largest absolute Gasteiger partial charge is 0.497 e. The second kappa shape index (κ2) is 6.04. The second-order valence-corrected chi connectivity index (χ2v) is 4.82. The molecule has 2 atom stereocenters. The number of likely N-dealkylation sites (tertiary alicyclic amines) is 1. The first-order valence-corrected chi connectivity index (χ1v) is 6.56. The molecule has 0 saturated carbocycles. The molecule has 104 valence electrons. The quantitative estimate of drug-likeness (QED) is 0.817. The van der Waals surface area contributed by atoms with Gasteiger partial charge in [-0.05, 0) is 37.1 Å². The Morgan fingerprint density at radius 1 is 1.47 bits per heavy atom. The molecule has 1 aromatic rings. The lowest BCUT2D eigenvalue weighted by atomic mass is 10.0. The SMILES string of the molecule is COc1ccc(C(CN)N2CCCC2C(N)=O)cc1. The van der Waals surface area contributed by atoms with Crippen LogP contribution in [0, 0.1) is 0 Å². The maximum absolute atomic E-state index is 11.5. The molecule has 1 saturated heterocycles. The van der Waals surface area contributed by atoms with Crippen LogP contribution in [0.5, 0.6) is 5.75 Å². The predicted molar refractivity (Wildman–Crippen MR) is 73.7 cm³/mol. The van der Waals surface area contributed by atoms with Crippen LogP contribution in [-0.2, 0) is 4.79 Å². The monoisotopic (exact) mass is 263 g/mol. The van der Waals surface area contributed by atoms with E-state index in [4.69, 9.17) is 16.2 Å². The molecule has 0 radical (unpaired) electrons. The van der Waals surface area contributed by atoms with Crippen molar-refractivity contribution in [3.05, 3.63) is 29.8 Å². The molecule has 4 N–H and O–H groups in total. The van der Waals surface area contributed by atoms with Gasteiger partial charge in [0.2, 0.25) is 5.91 Å². The van der Waals surface area contributed by atoms with Crippen LogP contribution >= 0.6 is 0 Å². The third-order valence-corrected chi connectivity index (χ3v) is 3.75. The van der Waals surface area contributed by atoms with E-state index in [-0.39, 0.29) is 18.0 Å². The van der Waals surface area contributed by atoms with E-state index in [0.29, 0.717) is 6.54 Å². The number of nitrogens with zero attached hydrogens (tertiary/aromatic N) is 1. The average Bonchev–Trinajstić information content (AvgIpc) is 2.90. The number of ether oxygens (including phenoxy) is 1. The summed E-state index contributed by atoms with van der Waals surface area (Å²) >= 11 is 0. The first kappa shape index (κ1) is 13.8. The Morgan fingerprint density at radius 3 is 2.68 bits per heavy atom. The van der Waals surface area contributed by atoms with Gasteiger partial charge in [0.25, 0.3) is 0 Å². The van der Waals surface area contributed by atoms with Gasteiger partial charge < -0.3 is 16.2 Å². The fourth-order valence-corrected chi connectivity index (χ4v) is 2.76. The Balaban J connectivity index is 2.20. The van der Waals surface area contributed by atoms with Crippen LogP contribution in [0.25, 0.3) is 0 Å². The lowest BCUT2D eigenvalue weighted by Gasteiger charge is -2.31. The van der Waals surface area contributed by atoms with Crippen molar-refractivity contribution in [1.82, 2.24) is 4.90 Å². The van der Waals surface area contributed by atoms with Crippen LogP contribution in [-0.4, -0.2) is 37.0 Å². The topological polar surface area (TPSA) is 81.6 Å². The summed E-state index contributed by atoms with van der Waals surface area (Å²) in [5.41, 5.74) is 12.4. The Labute approximate surface area is 113 Å². The van der Waals surface area contributed by atoms with Crippen molar-refractivity contribution in [2.24, 2.45) is 11.5 Å². The Bertz CT molecular complexity index is 433. The van der Waals surface area contributed by atoms with Gasteiger partial charge in [0.05, 0.1) is 13.2 Å². The van der Waals surface area contributed by atoms with Crippen molar-refractivity contribution < 1.29 is 9.53 Å². The Hall–Kier alpha value is -1.59. The zero-order valence-corrected chi connectivity index (χ0v) is 11.2. The number of methoxy groups -OCH3 is 1. The fraction of sp³-hybridized carbons (Fsp3) is 0.500. The molecule has 1 amide bonds. The van der Waals surface area contributed by atoms with Crippen molar-refractivity contribution in [3.63, 3.8) is 0 Å². The summed E-state index contributed by atoms with van der Waals surface area (Å²) < 4.78 is 5.15. The highest BCUT2D eigenvalue weighted by molar-refractivity contribution is 5.80. The highest BCUT2D eigenvalue weighted by Gasteiger charge is 2.34. The zero-order valence-electron chi connectivity index (χ0n) is 11.2. The summed E-state index contributed by atoms with van der Waals surface area (Å²) in [7, 11) is 1.64. The van der Waals surface area contributed by atoms with E-state index < -0.39 is 0 Å². The number of primary amides is 1. The van der Waals surface area contributed by atoms with Crippen LogP contribution in [0.3, 0.4) is 0 Å². The number of carbonyl (C=O) groups excluding carboxylic acids is 1. The van der Waals surface area contributed by atoms with Gasteiger partial charge in [-0.15, -0.1) is 0 Å². The Morgan fingerprint density at radius 2 is 2.16 bits per heavy atom. The number of carbonyl (C=O) groups is 1. The standard InChI is InChI=1S/C14H21N3O2/c1-19-11-6-4-10(5-7-11)13(9-15)17-8-2-3-12(17)14(16)18/h4-7,12-13H,2-3,8-9,15H2,1H3,(H2,16,18). The minimum atomic E-state index is -0.260. The molecular weight excluding hydrogens is 242 g/mol. The summed E-state index contributed by atoms with van der Waals surface area (Å²) in [6, 6.07) is 7.64. The molecule has 2 rings (SSSR count). The van der Waals surface area contributed by atoms with Gasteiger partial charge in [-0.2, -0.15) is 0 Å². The predicted octanol–water partition coefficient (Wildman–Crippen LogP) is 0.645. The summed E-state index contributed by atoms with van der Waals surface area (Å²) in [5, 5.41) is 0. The van der Waals surface area contributed by atoms with Crippen LogP contribution in [0.15, 0.2) is 24.3 Å². The number of hydrogen-bond donors (Lipinski definition) is 2. The molecule has 5 nitrogen and oxygen atoms in total. The molecule has 2 unspecified atom stereocenters. The fourth-order valence-electron chi connectivity index (χ4n) is 2.76. The van der Waals surface area contributed by atoms with E-state index in [1.165, 1.54) is 0 Å². The minimum Gasteiger partial charge on any atom is -0.497 e. The van der Waals surface area contributed by atoms with E-state index in [9.17, 15) is 4.79 Å². The summed E-state index contributed by atoms with van der Waals surface area (Å²) in [5.74, 6) is 0.553. The lowest BCUT2D eigenvalue weighted by molar-refractivity contribution is -0.122. The summed E-state index contributed by atoms with van der Waals surface area (Å²) in [4.78, 5) is 13.6. The van der Waals surface area contributed by atoms with E-state index in [2.05, 4.69) is 4.90 Å². The molecule has 0 aromatic heterocycles. The van der Waals surface area contributed by atoms with Crippen molar-refractivity contribution in [2.75, 3.05) is 20.2 Å². The summed E-state index contributed by atoms with van der Waals surface area (Å²) in [6.45, 7) is 1.33. The highest BCUT2D eigenvalue weighted by atomic mass is 16.5. The second-order valence-electron chi connectivity index (χ2n) is 4.82. The van der Waals surface area contributed by atoms with Crippen molar-refractivity contribution in [3.8, 4) is 5.75 Å². The number of nitrogens with two attached hydrogens (primary N) is 2. The average molecular weight is 263 g/mol. The minimum absolute atomic E-state index is 0.0332. The van der Waals surface area contributed by atoms with E-state index >= 15 is 0 Å². The van der Waals surface area contributed by atoms with E-state index in [0.717, 1.165) is 30.7 Å². The van der Waals surface area contributed by atoms with Crippen LogP contribution in [0.4, 0.5) is 0 Å². The van der Waals surface area contributed by atoms with Crippen molar-refractivity contribution in [1.29, 1.82) is 0 Å². The smallest absolute Gasteiger partial charge is 0.234 e. The summed E-state index contributed by atoms with van der Waals surface area (Å²) in [6.07, 6.45) is 1.81. The maximum Gasteiger partial charge on any atom is 0.234 e. The number of rotatable bonds is 5. The lowest BCUT2D eigenvalue weighted by Crippen LogP contribution is -2.44. The van der Waals surface area contributed by atoms with Gasteiger partial charge in [0, 0.05) is 12.6 Å². The third-order valence-electron chi connectivity index (χ3n) is 3.75. The molecular formula is C14H21N3O2. The van der Waals surface area contributed by atoms with E-state index in [1.807, 2.05) is 24.3 Å². The van der Waals surface area contributed by atoms with Gasteiger partial charge in [0.1, 0.15) is 5.75 Å². The molecule has 1 aromatic carbocycles. The maximum atomic E-state index is 11.5. The first-order chi connectivity index (χ1) is 9.17. The molecule has 5 heteroatoms. The van der Waals surface area contributed by atoms with Gasteiger partial charge >= 0.3 is 0 Å². The zero-order chi connectivity index (χ0) is 13.8. The van der Waals surface area contributed by atoms with Crippen molar-refractivity contribution >= 4 is 5.91 Å². The van der Waals surface area contributed by atoms with Crippen LogP contribution in [0.1, 0.15) is 24.4 Å². The molecule has 1 heterocycles. The van der Waals surface area contributed by atoms with Gasteiger partial charge in [-0.25, -0.2) is 0 Å². The molecule has 0 bridgehead atoms. The third kappa shape index (κ3) is 2.88. The molecule has 19 heavy (non-hydrogen) atoms. The van der Waals surface area contributed by atoms with Crippen LogP contribution in [0.2, 0.25) is 0 Å². The molecule has 0 spiro atoms. The van der Waals surface area contributed by atoms with Crippen molar-refractivity contribution in [2.45, 2.75) is 24.9 Å². The number of hydrogen-bond acceptors (Lipinski definition) is 4. The first-order valence-electron chi connectivity index (χ1n) is 6.56. The molecule has 1 aliphatic heterocycles. The van der Waals surface area contributed by atoms with Gasteiger partial charge in [0.15, 0.2) is 0 Å².